The number of nitriles is 1. The lowest BCUT2D eigenvalue weighted by atomic mass is 9.99. The van der Waals surface area contributed by atoms with Crippen molar-refractivity contribution in [2.45, 2.75) is 25.9 Å². The summed E-state index contributed by atoms with van der Waals surface area (Å²) in [4.78, 5) is 20.4. The molecular weight excluding hydrogens is 315 g/mol. The van der Waals surface area contributed by atoms with E-state index in [-0.39, 0.29) is 5.69 Å². The van der Waals surface area contributed by atoms with Gasteiger partial charge in [-0.15, -0.1) is 11.3 Å². The monoisotopic (exact) mass is 325 g/mol. The van der Waals surface area contributed by atoms with E-state index >= 15 is 0 Å². The van der Waals surface area contributed by atoms with Gasteiger partial charge in [0.1, 0.15) is 0 Å². The van der Waals surface area contributed by atoms with Crippen LogP contribution in [0.5, 0.6) is 0 Å². The Balaban J connectivity index is 2.35. The van der Waals surface area contributed by atoms with Crippen LogP contribution in [0.2, 0.25) is 0 Å². The smallest absolute Gasteiger partial charge is 0.291 e. The molecule has 0 N–H and O–H groups in total. The molecule has 0 amide bonds. The zero-order valence-corrected chi connectivity index (χ0v) is 12.4. The first-order valence-electron chi connectivity index (χ1n) is 6.15. The summed E-state index contributed by atoms with van der Waals surface area (Å²) < 4.78 is 37.5. The third-order valence-electron chi connectivity index (χ3n) is 2.93. The van der Waals surface area contributed by atoms with Gasteiger partial charge in [-0.1, -0.05) is 0 Å². The van der Waals surface area contributed by atoms with E-state index in [1.807, 2.05) is 0 Å². The molecule has 114 valence electrons. The number of aromatic nitrogens is 2. The molecule has 0 bridgehead atoms. The van der Waals surface area contributed by atoms with Crippen molar-refractivity contribution < 1.29 is 18.0 Å². The summed E-state index contributed by atoms with van der Waals surface area (Å²) in [5.74, 6) is -1.75. The van der Waals surface area contributed by atoms with E-state index in [0.717, 1.165) is 23.5 Å². The summed E-state index contributed by atoms with van der Waals surface area (Å²) in [6, 6.07) is 3.66. The highest BCUT2D eigenvalue weighted by Crippen LogP contribution is 2.30. The standard InChI is InChI=1S/C14H10F3N3OS/c1-7-13(22-8(2)20-7)12(21)10(5-18)11-4-3-9(6-19-11)14(15,16)17/h3-4,6,10H,1-2H3/t10-/m1/s1. The summed E-state index contributed by atoms with van der Waals surface area (Å²) in [5, 5.41) is 9.87. The van der Waals surface area contributed by atoms with Gasteiger partial charge in [0.15, 0.2) is 11.7 Å². The van der Waals surface area contributed by atoms with Gasteiger partial charge in [0.2, 0.25) is 0 Å². The minimum Gasteiger partial charge on any atom is -0.291 e. The van der Waals surface area contributed by atoms with E-state index in [2.05, 4.69) is 9.97 Å². The SMILES string of the molecule is Cc1nc(C)c(C(=O)[C@H](C#N)c2ccc(C(F)(F)F)cn2)s1. The van der Waals surface area contributed by atoms with Gasteiger partial charge in [0, 0.05) is 6.20 Å². The molecule has 0 aliphatic rings. The molecule has 22 heavy (non-hydrogen) atoms. The maximum atomic E-state index is 12.5. The normalized spacial score (nSPS) is 12.7. The van der Waals surface area contributed by atoms with Gasteiger partial charge < -0.3 is 0 Å². The average Bonchev–Trinajstić information content (AvgIpc) is 2.78. The number of alkyl halides is 3. The van der Waals surface area contributed by atoms with E-state index in [1.165, 1.54) is 0 Å². The molecule has 0 fully saturated rings. The maximum absolute atomic E-state index is 12.5. The van der Waals surface area contributed by atoms with Gasteiger partial charge >= 0.3 is 6.18 Å². The van der Waals surface area contributed by atoms with Gasteiger partial charge in [-0.3, -0.25) is 9.78 Å². The van der Waals surface area contributed by atoms with Gasteiger partial charge in [0.05, 0.1) is 32.9 Å². The Morgan fingerprint density at radius 2 is 2.05 bits per heavy atom. The van der Waals surface area contributed by atoms with E-state index in [0.29, 0.717) is 21.8 Å². The second kappa shape index (κ2) is 5.85. The first-order valence-corrected chi connectivity index (χ1v) is 6.96. The molecule has 0 radical (unpaired) electrons. The number of hydrogen-bond donors (Lipinski definition) is 0. The minimum absolute atomic E-state index is 0.00838. The molecule has 0 aliphatic carbocycles. The van der Waals surface area contributed by atoms with Crippen molar-refractivity contribution in [1.82, 2.24) is 9.97 Å². The third-order valence-corrected chi connectivity index (χ3v) is 4.02. The molecule has 0 unspecified atom stereocenters. The molecule has 0 saturated heterocycles. The van der Waals surface area contributed by atoms with Gasteiger partial charge in [-0.25, -0.2) is 4.98 Å². The molecule has 0 aromatic carbocycles. The highest BCUT2D eigenvalue weighted by Gasteiger charge is 2.32. The van der Waals surface area contributed by atoms with E-state index < -0.39 is 23.4 Å². The Labute approximate surface area is 128 Å². The van der Waals surface area contributed by atoms with Crippen molar-refractivity contribution in [2.75, 3.05) is 0 Å². The van der Waals surface area contributed by atoms with Crippen molar-refractivity contribution in [2.24, 2.45) is 0 Å². The average molecular weight is 325 g/mol. The fourth-order valence-electron chi connectivity index (χ4n) is 1.89. The summed E-state index contributed by atoms with van der Waals surface area (Å²) in [5.41, 5.74) is -0.434. The number of ketones is 1. The lowest BCUT2D eigenvalue weighted by molar-refractivity contribution is -0.137. The molecule has 0 saturated carbocycles. The molecule has 2 rings (SSSR count). The molecule has 0 aliphatic heterocycles. The van der Waals surface area contributed by atoms with Crippen molar-refractivity contribution in [1.29, 1.82) is 5.26 Å². The largest absolute Gasteiger partial charge is 0.417 e. The highest BCUT2D eigenvalue weighted by molar-refractivity contribution is 7.13. The van der Waals surface area contributed by atoms with Crippen LogP contribution in [-0.4, -0.2) is 15.8 Å². The second-order valence-corrected chi connectivity index (χ2v) is 5.75. The van der Waals surface area contributed by atoms with Crippen LogP contribution in [0.4, 0.5) is 13.2 Å². The fourth-order valence-corrected chi connectivity index (χ4v) is 2.78. The Bertz CT molecular complexity index is 744. The number of rotatable bonds is 3. The zero-order valence-electron chi connectivity index (χ0n) is 11.6. The number of carbonyl (C=O) groups excluding carboxylic acids is 1. The van der Waals surface area contributed by atoms with Crippen LogP contribution in [0.15, 0.2) is 18.3 Å². The van der Waals surface area contributed by atoms with Crippen molar-refractivity contribution in [3.05, 3.63) is 45.2 Å². The van der Waals surface area contributed by atoms with Crippen molar-refractivity contribution >= 4 is 17.1 Å². The second-order valence-electron chi connectivity index (χ2n) is 4.54. The fraction of sp³-hybridized carbons (Fsp3) is 0.286. The zero-order chi connectivity index (χ0) is 16.5. The van der Waals surface area contributed by atoms with Crippen molar-refractivity contribution in [3.8, 4) is 6.07 Å². The van der Waals surface area contributed by atoms with Crippen LogP contribution in [-0.2, 0) is 6.18 Å². The Morgan fingerprint density at radius 3 is 2.45 bits per heavy atom. The van der Waals surface area contributed by atoms with Gasteiger partial charge in [-0.2, -0.15) is 18.4 Å². The van der Waals surface area contributed by atoms with E-state index in [4.69, 9.17) is 0 Å². The summed E-state index contributed by atoms with van der Waals surface area (Å²) >= 11 is 1.15. The molecule has 8 heteroatoms. The van der Waals surface area contributed by atoms with Crippen LogP contribution >= 0.6 is 11.3 Å². The number of hydrogen-bond acceptors (Lipinski definition) is 5. The number of carbonyl (C=O) groups is 1. The van der Waals surface area contributed by atoms with Crippen LogP contribution in [0, 0.1) is 25.2 Å². The molecule has 4 nitrogen and oxygen atoms in total. The molecule has 2 heterocycles. The minimum atomic E-state index is -4.51. The number of nitrogens with zero attached hydrogens (tertiary/aromatic N) is 3. The Kier molecular flexibility index (Phi) is 4.28. The lowest BCUT2D eigenvalue weighted by Gasteiger charge is -2.09. The Hall–Kier alpha value is -2.27. The predicted molar refractivity (Wildman–Crippen MR) is 73.5 cm³/mol. The molecule has 1 atom stereocenters. The number of pyridine rings is 1. The lowest BCUT2D eigenvalue weighted by Crippen LogP contribution is -2.14. The summed E-state index contributed by atoms with van der Waals surface area (Å²) in [6.07, 6.45) is -3.89. The van der Waals surface area contributed by atoms with Crippen molar-refractivity contribution in [3.63, 3.8) is 0 Å². The van der Waals surface area contributed by atoms with E-state index in [1.54, 1.807) is 19.9 Å². The maximum Gasteiger partial charge on any atom is 0.417 e. The summed E-state index contributed by atoms with van der Waals surface area (Å²) in [6.45, 7) is 3.37. The molecule has 0 spiro atoms. The number of aryl methyl sites for hydroxylation is 2. The first kappa shape index (κ1) is 16.1. The van der Waals surface area contributed by atoms with Crippen LogP contribution in [0.3, 0.4) is 0 Å². The summed E-state index contributed by atoms with van der Waals surface area (Å²) in [7, 11) is 0. The van der Waals surface area contributed by atoms with Gasteiger partial charge in [-0.05, 0) is 26.0 Å². The molecule has 2 aromatic heterocycles. The number of thiazole rings is 1. The number of Topliss-reactive ketones (excluding diaryl/α,β-unsaturated/α-hetero) is 1. The highest BCUT2D eigenvalue weighted by atomic mass is 32.1. The van der Waals surface area contributed by atoms with Gasteiger partial charge in [0.25, 0.3) is 0 Å². The number of halogens is 3. The topological polar surface area (TPSA) is 66.6 Å². The van der Waals surface area contributed by atoms with Crippen LogP contribution < -0.4 is 0 Å². The quantitative estimate of drug-likeness (QED) is 0.808. The first-order chi connectivity index (χ1) is 10.2. The Morgan fingerprint density at radius 1 is 1.36 bits per heavy atom. The molecule has 2 aromatic rings. The predicted octanol–water partition coefficient (Wildman–Crippen LogP) is 3.66. The van der Waals surface area contributed by atoms with Crippen LogP contribution in [0.1, 0.15) is 37.5 Å². The third kappa shape index (κ3) is 3.14. The van der Waals surface area contributed by atoms with Crippen LogP contribution in [0.25, 0.3) is 0 Å². The van der Waals surface area contributed by atoms with E-state index in [9.17, 15) is 23.2 Å². The molecular formula is C14H10F3N3OS.